The third kappa shape index (κ3) is 4.09. The highest BCUT2D eigenvalue weighted by Gasteiger charge is 2.28. The quantitative estimate of drug-likeness (QED) is 0.876. The molecule has 2 aromatic rings. The van der Waals surface area contributed by atoms with Crippen molar-refractivity contribution in [1.29, 1.82) is 0 Å². The smallest absolute Gasteiger partial charge is 0.268 e. The van der Waals surface area contributed by atoms with E-state index in [0.29, 0.717) is 18.7 Å². The number of amides is 1. The number of hydrogen-bond acceptors (Lipinski definition) is 5. The minimum absolute atomic E-state index is 0.226. The number of benzene rings is 2. The Labute approximate surface area is 146 Å². The first-order valence-corrected chi connectivity index (χ1v) is 8.10. The zero-order valence-electron chi connectivity index (χ0n) is 14.2. The summed E-state index contributed by atoms with van der Waals surface area (Å²) < 4.78 is 10.5. The molecule has 1 atom stereocenters. The van der Waals surface area contributed by atoms with E-state index in [2.05, 4.69) is 10.5 Å². The Hall–Kier alpha value is -3.02. The molecule has 0 spiro atoms. The van der Waals surface area contributed by atoms with E-state index in [9.17, 15) is 4.79 Å². The van der Waals surface area contributed by atoms with E-state index in [0.717, 1.165) is 22.8 Å². The van der Waals surface area contributed by atoms with Crippen LogP contribution in [0, 0.1) is 0 Å². The van der Waals surface area contributed by atoms with Crippen molar-refractivity contribution in [3.63, 3.8) is 0 Å². The van der Waals surface area contributed by atoms with Gasteiger partial charge in [-0.25, -0.2) is 0 Å². The number of rotatable bonds is 6. The first-order valence-electron chi connectivity index (χ1n) is 8.10. The van der Waals surface area contributed by atoms with E-state index >= 15 is 0 Å². The lowest BCUT2D eigenvalue weighted by Crippen LogP contribution is -2.28. The van der Waals surface area contributed by atoms with E-state index in [1.165, 1.54) is 0 Å². The van der Waals surface area contributed by atoms with Gasteiger partial charge in [0.05, 0.1) is 19.4 Å². The molecule has 0 fully saturated rings. The number of ether oxygens (including phenoxy) is 2. The van der Waals surface area contributed by atoms with Crippen LogP contribution in [-0.4, -0.2) is 31.4 Å². The molecule has 0 aromatic heterocycles. The Morgan fingerprint density at radius 3 is 2.48 bits per heavy atom. The first-order chi connectivity index (χ1) is 12.2. The molecule has 0 radical (unpaired) electrons. The number of anilines is 1. The van der Waals surface area contributed by atoms with Crippen LogP contribution >= 0.6 is 0 Å². The molecule has 1 aliphatic heterocycles. The zero-order chi connectivity index (χ0) is 17.6. The lowest BCUT2D eigenvalue weighted by atomic mass is 10.0. The van der Waals surface area contributed by atoms with Crippen molar-refractivity contribution in [2.24, 2.45) is 5.16 Å². The number of methoxy groups -OCH3 is 1. The lowest BCUT2D eigenvalue weighted by molar-refractivity contribution is -0.125. The highest BCUT2D eigenvalue weighted by atomic mass is 16.6. The summed E-state index contributed by atoms with van der Waals surface area (Å²) >= 11 is 0. The van der Waals surface area contributed by atoms with Crippen LogP contribution in [0.3, 0.4) is 0 Å². The van der Waals surface area contributed by atoms with Crippen molar-refractivity contribution < 1.29 is 19.1 Å². The van der Waals surface area contributed by atoms with Gasteiger partial charge < -0.3 is 19.6 Å². The molecule has 1 amide bonds. The Bertz CT molecular complexity index is 754. The molecular formula is C19H20N2O4. The molecule has 2 aromatic carbocycles. The molecule has 130 valence electrons. The zero-order valence-corrected chi connectivity index (χ0v) is 14.2. The molecule has 25 heavy (non-hydrogen) atoms. The summed E-state index contributed by atoms with van der Waals surface area (Å²) in [5.41, 5.74) is 2.35. The van der Waals surface area contributed by atoms with Crippen LogP contribution in [0.5, 0.6) is 11.5 Å². The Balaban J connectivity index is 1.57. The minimum atomic E-state index is -0.635. The third-order valence-corrected chi connectivity index (χ3v) is 3.82. The van der Waals surface area contributed by atoms with Crippen LogP contribution in [0.4, 0.5) is 5.69 Å². The molecule has 1 aliphatic rings. The summed E-state index contributed by atoms with van der Waals surface area (Å²) in [7, 11) is 1.62. The second-order valence-corrected chi connectivity index (χ2v) is 5.51. The number of nitrogens with one attached hydrogen (secondary N) is 1. The number of nitrogens with zero attached hydrogens (tertiary/aromatic N) is 1. The van der Waals surface area contributed by atoms with Gasteiger partial charge in [-0.15, -0.1) is 0 Å². The van der Waals surface area contributed by atoms with Gasteiger partial charge in [-0.1, -0.05) is 5.16 Å². The fourth-order valence-electron chi connectivity index (χ4n) is 2.50. The van der Waals surface area contributed by atoms with Gasteiger partial charge in [-0.05, 0) is 61.0 Å². The van der Waals surface area contributed by atoms with E-state index < -0.39 is 6.10 Å². The van der Waals surface area contributed by atoms with Crippen molar-refractivity contribution in [3.05, 3.63) is 54.1 Å². The summed E-state index contributed by atoms with van der Waals surface area (Å²) in [6, 6.07) is 14.7. The molecule has 1 N–H and O–H groups in total. The molecule has 0 bridgehead atoms. The number of carbonyl (C=O) groups is 1. The highest BCUT2D eigenvalue weighted by Crippen LogP contribution is 2.21. The SMILES string of the molecule is CCOc1ccc(NC(=O)C2CC(c3ccc(OC)cc3)=NO2)cc1. The van der Waals surface area contributed by atoms with E-state index in [1.54, 1.807) is 19.2 Å². The molecule has 0 aliphatic carbocycles. The van der Waals surface area contributed by atoms with Crippen LogP contribution in [0.1, 0.15) is 18.9 Å². The monoisotopic (exact) mass is 340 g/mol. The van der Waals surface area contributed by atoms with Crippen LogP contribution in [0.15, 0.2) is 53.7 Å². The second kappa shape index (κ2) is 7.70. The van der Waals surface area contributed by atoms with Crippen molar-refractivity contribution in [2.45, 2.75) is 19.4 Å². The molecule has 1 heterocycles. The topological polar surface area (TPSA) is 69.2 Å². The minimum Gasteiger partial charge on any atom is -0.497 e. The van der Waals surface area contributed by atoms with Crippen molar-refractivity contribution >= 4 is 17.3 Å². The molecule has 0 saturated heterocycles. The fraction of sp³-hybridized carbons (Fsp3) is 0.263. The van der Waals surface area contributed by atoms with E-state index in [-0.39, 0.29) is 5.91 Å². The van der Waals surface area contributed by atoms with Gasteiger partial charge in [0.15, 0.2) is 0 Å². The lowest BCUT2D eigenvalue weighted by Gasteiger charge is -2.10. The molecular weight excluding hydrogens is 320 g/mol. The van der Waals surface area contributed by atoms with Crippen LogP contribution in [-0.2, 0) is 9.63 Å². The van der Waals surface area contributed by atoms with Gasteiger partial charge in [0.25, 0.3) is 5.91 Å². The average molecular weight is 340 g/mol. The summed E-state index contributed by atoms with van der Waals surface area (Å²) in [5.74, 6) is 1.31. The fourth-order valence-corrected chi connectivity index (χ4v) is 2.50. The number of oxime groups is 1. The van der Waals surface area contributed by atoms with Gasteiger partial charge in [-0.3, -0.25) is 4.79 Å². The molecule has 3 rings (SSSR count). The third-order valence-electron chi connectivity index (χ3n) is 3.82. The molecule has 6 heteroatoms. The standard InChI is InChI=1S/C19H20N2O4/c1-3-24-16-10-6-14(7-11-16)20-19(22)18-12-17(21-25-18)13-4-8-15(23-2)9-5-13/h4-11,18H,3,12H2,1-2H3,(H,20,22). The molecule has 0 saturated carbocycles. The van der Waals surface area contributed by atoms with Crippen LogP contribution in [0.25, 0.3) is 0 Å². The summed E-state index contributed by atoms with van der Waals surface area (Å²) in [4.78, 5) is 17.6. The number of carbonyl (C=O) groups excluding carboxylic acids is 1. The van der Waals surface area contributed by atoms with Crippen molar-refractivity contribution in [3.8, 4) is 11.5 Å². The largest absolute Gasteiger partial charge is 0.497 e. The predicted molar refractivity (Wildman–Crippen MR) is 95.3 cm³/mol. The summed E-state index contributed by atoms with van der Waals surface area (Å²) in [6.07, 6.45) is -0.210. The maximum Gasteiger partial charge on any atom is 0.268 e. The molecule has 1 unspecified atom stereocenters. The van der Waals surface area contributed by atoms with Crippen molar-refractivity contribution in [2.75, 3.05) is 19.0 Å². The van der Waals surface area contributed by atoms with Crippen LogP contribution in [0.2, 0.25) is 0 Å². The number of hydrogen-bond donors (Lipinski definition) is 1. The Kier molecular flexibility index (Phi) is 5.18. The Morgan fingerprint density at radius 2 is 1.84 bits per heavy atom. The average Bonchev–Trinajstić information content (AvgIpc) is 3.14. The summed E-state index contributed by atoms with van der Waals surface area (Å²) in [6.45, 7) is 2.53. The first kappa shape index (κ1) is 16.8. The normalized spacial score (nSPS) is 15.9. The van der Waals surface area contributed by atoms with Crippen LogP contribution < -0.4 is 14.8 Å². The van der Waals surface area contributed by atoms with Gasteiger partial charge in [-0.2, -0.15) is 0 Å². The van der Waals surface area contributed by atoms with E-state index in [1.807, 2.05) is 43.3 Å². The second-order valence-electron chi connectivity index (χ2n) is 5.51. The highest BCUT2D eigenvalue weighted by molar-refractivity contribution is 6.06. The maximum atomic E-state index is 12.3. The van der Waals surface area contributed by atoms with Gasteiger partial charge in [0, 0.05) is 12.1 Å². The summed E-state index contributed by atoms with van der Waals surface area (Å²) in [5, 5.41) is 6.87. The van der Waals surface area contributed by atoms with Gasteiger partial charge in [0.2, 0.25) is 6.10 Å². The molecule has 6 nitrogen and oxygen atoms in total. The Morgan fingerprint density at radius 1 is 1.16 bits per heavy atom. The van der Waals surface area contributed by atoms with Crippen molar-refractivity contribution in [1.82, 2.24) is 0 Å². The maximum absolute atomic E-state index is 12.3. The van der Waals surface area contributed by atoms with E-state index in [4.69, 9.17) is 14.3 Å². The van der Waals surface area contributed by atoms with Gasteiger partial charge in [0.1, 0.15) is 11.5 Å². The predicted octanol–water partition coefficient (Wildman–Crippen LogP) is 3.23. The van der Waals surface area contributed by atoms with Gasteiger partial charge >= 0.3 is 0 Å².